The lowest BCUT2D eigenvalue weighted by Crippen LogP contribution is -2.31. The molecule has 0 unspecified atom stereocenters. The number of aryl methyl sites for hydroxylation is 2. The van der Waals surface area contributed by atoms with Gasteiger partial charge in [0.15, 0.2) is 6.10 Å². The number of pyridine rings is 2. The fraction of sp³-hybridized carbons (Fsp3) is 0.406. The van der Waals surface area contributed by atoms with Crippen LogP contribution in [0.15, 0.2) is 42.6 Å². The van der Waals surface area contributed by atoms with Crippen molar-refractivity contribution in [2.24, 2.45) is 0 Å². The fourth-order valence-electron chi connectivity index (χ4n) is 5.67. The summed E-state index contributed by atoms with van der Waals surface area (Å²) in [6.45, 7) is 10.7. The number of hydrogen-bond acceptors (Lipinski definition) is 5. The van der Waals surface area contributed by atoms with Crippen LogP contribution in [0.2, 0.25) is 0 Å². The molecule has 0 fully saturated rings. The van der Waals surface area contributed by atoms with Gasteiger partial charge in [0.1, 0.15) is 5.75 Å². The first-order chi connectivity index (χ1) is 18.2. The van der Waals surface area contributed by atoms with E-state index in [2.05, 4.69) is 6.92 Å². The molecule has 6 nitrogen and oxygen atoms in total. The molecule has 0 aliphatic carbocycles. The van der Waals surface area contributed by atoms with Crippen molar-refractivity contribution in [2.45, 2.75) is 78.4 Å². The van der Waals surface area contributed by atoms with Crippen molar-refractivity contribution < 1.29 is 19.4 Å². The zero-order chi connectivity index (χ0) is 27.0. The average molecular weight is 513 g/mol. The largest absolute Gasteiger partial charge is 0.493 e. The lowest BCUT2D eigenvalue weighted by Gasteiger charge is -2.31. The Kier molecular flexibility index (Phi) is 7.10. The highest BCUT2D eigenvalue weighted by Crippen LogP contribution is 2.45. The van der Waals surface area contributed by atoms with Gasteiger partial charge in [-0.15, -0.1) is 0 Å². The van der Waals surface area contributed by atoms with E-state index in [0.717, 1.165) is 82.0 Å². The van der Waals surface area contributed by atoms with Crippen LogP contribution in [0.3, 0.4) is 0 Å². The molecule has 5 rings (SSSR count). The number of unbranched alkanes of at least 4 members (excludes halogenated alkanes) is 2. The first-order valence-electron chi connectivity index (χ1n) is 13.6. The van der Waals surface area contributed by atoms with E-state index in [0.29, 0.717) is 12.2 Å². The van der Waals surface area contributed by atoms with Crippen LogP contribution < -0.4 is 4.74 Å². The molecular weight excluding hydrogens is 476 g/mol. The number of benzene rings is 2. The summed E-state index contributed by atoms with van der Waals surface area (Å²) in [6, 6.07) is 12.0. The summed E-state index contributed by atoms with van der Waals surface area (Å²) in [5.41, 5.74) is 6.28. The van der Waals surface area contributed by atoms with E-state index in [4.69, 9.17) is 19.4 Å². The van der Waals surface area contributed by atoms with Crippen LogP contribution >= 0.6 is 0 Å². The maximum atomic E-state index is 12.9. The van der Waals surface area contributed by atoms with Crippen LogP contribution in [-0.2, 0) is 16.0 Å². The van der Waals surface area contributed by atoms with Crippen molar-refractivity contribution in [1.82, 2.24) is 9.97 Å². The lowest BCUT2D eigenvalue weighted by atomic mass is 9.86. The molecule has 2 aromatic heterocycles. The van der Waals surface area contributed by atoms with Gasteiger partial charge in [0, 0.05) is 40.2 Å². The number of fused-ring (bicyclic) bond motifs is 1. The quantitative estimate of drug-likeness (QED) is 0.234. The number of carbonyl (C=O) groups is 1. The van der Waals surface area contributed by atoms with Crippen LogP contribution in [0, 0.1) is 13.8 Å². The molecule has 0 radical (unpaired) electrons. The Labute approximate surface area is 224 Å². The van der Waals surface area contributed by atoms with Gasteiger partial charge in [-0.05, 0) is 81.1 Å². The maximum Gasteiger partial charge on any atom is 0.337 e. The van der Waals surface area contributed by atoms with E-state index in [1.165, 1.54) is 5.56 Å². The first-order valence-corrected chi connectivity index (χ1v) is 13.6. The number of hydrogen-bond donors (Lipinski definition) is 1. The molecule has 0 bridgehead atoms. The number of rotatable bonds is 9. The minimum Gasteiger partial charge on any atom is -0.493 e. The SMILES string of the molecule is CCCCCC(C)(C)O[C@H](C(=O)O)c1c(C)cc2nc(C)ccc2c1-c1ccc2c3c(ccnc13)CCO2. The third-order valence-electron chi connectivity index (χ3n) is 7.52. The van der Waals surface area contributed by atoms with Crippen molar-refractivity contribution in [2.75, 3.05) is 6.61 Å². The van der Waals surface area contributed by atoms with E-state index >= 15 is 0 Å². The molecule has 0 saturated heterocycles. The fourth-order valence-corrected chi connectivity index (χ4v) is 5.67. The number of ether oxygens (including phenoxy) is 2. The molecular formula is C32H36N2O4. The standard InChI is InChI=1S/C32H36N2O4/c1-6-7-8-15-32(4,5)38-30(31(35)36)26-19(2)18-24-22(10-9-20(3)34-24)28(26)23-11-12-25-27-21(14-17-37-25)13-16-33-29(23)27/h9-13,16,18,30H,6-8,14-15,17H2,1-5H3,(H,35,36)/t30-/m0/s1. The van der Waals surface area contributed by atoms with Crippen LogP contribution in [0.4, 0.5) is 0 Å². The van der Waals surface area contributed by atoms with Crippen molar-refractivity contribution in [3.63, 3.8) is 0 Å². The highest BCUT2D eigenvalue weighted by Gasteiger charge is 2.34. The Bertz CT molecular complexity index is 1520. The van der Waals surface area contributed by atoms with Crippen LogP contribution in [0.1, 0.15) is 74.9 Å². The Balaban J connectivity index is 1.78. The van der Waals surface area contributed by atoms with Crippen molar-refractivity contribution in [3.8, 4) is 16.9 Å². The van der Waals surface area contributed by atoms with Crippen LogP contribution in [0.25, 0.3) is 32.9 Å². The molecule has 0 amide bonds. The topological polar surface area (TPSA) is 81.5 Å². The van der Waals surface area contributed by atoms with Gasteiger partial charge in [0.2, 0.25) is 0 Å². The van der Waals surface area contributed by atoms with Crippen molar-refractivity contribution >= 4 is 27.8 Å². The van der Waals surface area contributed by atoms with Gasteiger partial charge in [-0.25, -0.2) is 4.79 Å². The molecule has 0 saturated carbocycles. The lowest BCUT2D eigenvalue weighted by molar-refractivity contribution is -0.163. The van der Waals surface area contributed by atoms with E-state index < -0.39 is 17.7 Å². The summed E-state index contributed by atoms with van der Waals surface area (Å²) in [5.74, 6) is -0.190. The predicted octanol–water partition coefficient (Wildman–Crippen LogP) is 7.50. The Morgan fingerprint density at radius 1 is 1.16 bits per heavy atom. The zero-order valence-electron chi connectivity index (χ0n) is 22.9. The monoisotopic (exact) mass is 512 g/mol. The molecule has 1 N–H and O–H groups in total. The van der Waals surface area contributed by atoms with E-state index in [-0.39, 0.29) is 0 Å². The molecule has 1 atom stereocenters. The average Bonchev–Trinajstić information content (AvgIpc) is 2.87. The molecule has 4 aromatic rings. The molecule has 1 aliphatic rings. The van der Waals surface area contributed by atoms with Gasteiger partial charge in [0.05, 0.1) is 23.2 Å². The smallest absolute Gasteiger partial charge is 0.337 e. The summed E-state index contributed by atoms with van der Waals surface area (Å²) in [6.07, 6.45) is 5.46. The highest BCUT2D eigenvalue weighted by molar-refractivity contribution is 6.08. The zero-order valence-corrected chi connectivity index (χ0v) is 22.9. The molecule has 1 aliphatic heterocycles. The molecule has 198 valence electrons. The van der Waals surface area contributed by atoms with E-state index in [1.807, 2.05) is 70.3 Å². The summed E-state index contributed by atoms with van der Waals surface area (Å²) in [4.78, 5) is 22.5. The molecule has 2 aromatic carbocycles. The van der Waals surface area contributed by atoms with E-state index in [1.54, 1.807) is 0 Å². The summed E-state index contributed by atoms with van der Waals surface area (Å²) < 4.78 is 12.4. The molecule has 3 heterocycles. The normalized spacial score (nSPS) is 14.0. The summed E-state index contributed by atoms with van der Waals surface area (Å²) in [5, 5.41) is 12.4. The Hall–Kier alpha value is -3.51. The minimum absolute atomic E-state index is 0.603. The second-order valence-corrected chi connectivity index (χ2v) is 11.0. The van der Waals surface area contributed by atoms with Crippen molar-refractivity contribution in [1.29, 1.82) is 0 Å². The number of carboxylic acids is 1. The highest BCUT2D eigenvalue weighted by atomic mass is 16.5. The summed E-state index contributed by atoms with van der Waals surface area (Å²) >= 11 is 0. The van der Waals surface area contributed by atoms with Gasteiger partial charge < -0.3 is 14.6 Å². The van der Waals surface area contributed by atoms with Crippen LogP contribution in [0.5, 0.6) is 5.75 Å². The maximum absolute atomic E-state index is 12.9. The third kappa shape index (κ3) is 4.85. The second kappa shape index (κ2) is 10.3. The van der Waals surface area contributed by atoms with E-state index in [9.17, 15) is 9.90 Å². The Morgan fingerprint density at radius 3 is 2.74 bits per heavy atom. The molecule has 0 spiro atoms. The van der Waals surface area contributed by atoms with Gasteiger partial charge >= 0.3 is 5.97 Å². The minimum atomic E-state index is -1.14. The third-order valence-corrected chi connectivity index (χ3v) is 7.52. The van der Waals surface area contributed by atoms with Gasteiger partial charge in [-0.2, -0.15) is 0 Å². The Morgan fingerprint density at radius 2 is 1.97 bits per heavy atom. The number of aliphatic carboxylic acids is 1. The predicted molar refractivity (Wildman–Crippen MR) is 151 cm³/mol. The summed E-state index contributed by atoms with van der Waals surface area (Å²) in [7, 11) is 0. The van der Waals surface area contributed by atoms with Gasteiger partial charge in [-0.1, -0.05) is 32.3 Å². The first kappa shape index (κ1) is 26.1. The van der Waals surface area contributed by atoms with Gasteiger partial charge in [-0.3, -0.25) is 9.97 Å². The van der Waals surface area contributed by atoms with Crippen molar-refractivity contribution in [3.05, 3.63) is 65.0 Å². The molecule has 38 heavy (non-hydrogen) atoms. The number of nitrogens with zero attached hydrogens (tertiary/aromatic N) is 2. The number of aromatic nitrogens is 2. The van der Waals surface area contributed by atoms with Gasteiger partial charge in [0.25, 0.3) is 0 Å². The molecule has 6 heteroatoms. The number of carboxylic acid groups (broad SMARTS) is 1. The van der Waals surface area contributed by atoms with Crippen LogP contribution in [-0.4, -0.2) is 33.3 Å². The second-order valence-electron chi connectivity index (χ2n) is 11.0.